The van der Waals surface area contributed by atoms with Gasteiger partial charge >= 0.3 is 0 Å². The number of carbonyl (C=O) groups excluding carboxylic acids is 2. The number of anilines is 2. The largest absolute Gasteiger partial charge is 0.497 e. The quantitative estimate of drug-likeness (QED) is 0.148. The van der Waals surface area contributed by atoms with E-state index in [1.165, 1.54) is 12.1 Å². The first kappa shape index (κ1) is 26.4. The van der Waals surface area contributed by atoms with Crippen LogP contribution in [0.4, 0.5) is 15.8 Å². The monoisotopic (exact) mass is 534 g/mol. The summed E-state index contributed by atoms with van der Waals surface area (Å²) in [6, 6.07) is 17.4. The summed E-state index contributed by atoms with van der Waals surface area (Å²) >= 11 is 5.98. The van der Waals surface area contributed by atoms with Crippen LogP contribution in [0.3, 0.4) is 0 Å². The number of methoxy groups -OCH3 is 1. The lowest BCUT2D eigenvalue weighted by Gasteiger charge is -2.14. The van der Waals surface area contributed by atoms with Crippen molar-refractivity contribution in [2.45, 2.75) is 6.92 Å². The number of amides is 2. The van der Waals surface area contributed by atoms with Crippen LogP contribution in [0.15, 0.2) is 84.2 Å². The van der Waals surface area contributed by atoms with Gasteiger partial charge in [0.15, 0.2) is 11.6 Å². The number of ether oxygens (including phenoxy) is 2. The third kappa shape index (κ3) is 6.01. The van der Waals surface area contributed by atoms with E-state index in [4.69, 9.17) is 21.1 Å². The molecule has 0 aliphatic heterocycles. The summed E-state index contributed by atoms with van der Waals surface area (Å²) in [7, 11) is 3.14. The summed E-state index contributed by atoms with van der Waals surface area (Å²) < 4.78 is 26.0. The average Bonchev–Trinajstić information content (AvgIpc) is 2.90. The first-order valence-electron chi connectivity index (χ1n) is 11.5. The second kappa shape index (κ2) is 11.6. The summed E-state index contributed by atoms with van der Waals surface area (Å²) in [6.45, 7) is 1.58. The standard InChI is InChI=1S/C28H24ClFN4O4/c1-16(31-2)26(27(35)33-18-6-4-5-17(29)13-18)28(36)34-19-7-10-25(22(30)14-19)38-24-11-12-32-23-15-20(37-3)8-9-21(23)24/h4-15,31H,1-3H3,(H,33,35)(H,34,36)/b26-16+. The first-order chi connectivity index (χ1) is 18.3. The van der Waals surface area contributed by atoms with Crippen LogP contribution in [-0.2, 0) is 9.59 Å². The van der Waals surface area contributed by atoms with Crippen LogP contribution in [-0.4, -0.2) is 31.0 Å². The Hall–Kier alpha value is -4.63. The number of aromatic nitrogens is 1. The van der Waals surface area contributed by atoms with Gasteiger partial charge in [-0.15, -0.1) is 0 Å². The van der Waals surface area contributed by atoms with Crippen LogP contribution in [0.2, 0.25) is 5.02 Å². The molecule has 2 amide bonds. The number of carbonyl (C=O) groups is 2. The smallest absolute Gasteiger partial charge is 0.263 e. The number of allylic oxidation sites excluding steroid dienone is 1. The van der Waals surface area contributed by atoms with E-state index in [2.05, 4.69) is 20.9 Å². The molecule has 0 radical (unpaired) electrons. The van der Waals surface area contributed by atoms with E-state index in [-0.39, 0.29) is 17.0 Å². The molecular formula is C28H24ClFN4O4. The van der Waals surface area contributed by atoms with Gasteiger partial charge in [-0.25, -0.2) is 4.39 Å². The fourth-order valence-corrected chi connectivity index (χ4v) is 3.81. The Balaban J connectivity index is 1.52. The van der Waals surface area contributed by atoms with Gasteiger partial charge in [0, 0.05) is 52.9 Å². The minimum Gasteiger partial charge on any atom is -0.497 e. The van der Waals surface area contributed by atoms with Crippen molar-refractivity contribution in [3.63, 3.8) is 0 Å². The highest BCUT2D eigenvalue weighted by atomic mass is 35.5. The Morgan fingerprint density at radius 1 is 0.921 bits per heavy atom. The number of benzene rings is 3. The zero-order valence-electron chi connectivity index (χ0n) is 20.8. The summed E-state index contributed by atoms with van der Waals surface area (Å²) in [5.41, 5.74) is 1.34. The molecule has 0 saturated carbocycles. The molecule has 0 atom stereocenters. The third-order valence-corrected chi connectivity index (χ3v) is 5.84. The molecular weight excluding hydrogens is 511 g/mol. The second-order valence-electron chi connectivity index (χ2n) is 8.11. The molecule has 4 aromatic rings. The molecule has 194 valence electrons. The summed E-state index contributed by atoms with van der Waals surface area (Å²) in [5.74, 6) is -1.10. The van der Waals surface area contributed by atoms with Gasteiger partial charge in [-0.2, -0.15) is 0 Å². The van der Waals surface area contributed by atoms with Gasteiger partial charge in [0.05, 0.1) is 12.6 Å². The number of hydrogen-bond acceptors (Lipinski definition) is 6. The molecule has 38 heavy (non-hydrogen) atoms. The molecule has 1 heterocycles. The number of hydrogen-bond donors (Lipinski definition) is 3. The van der Waals surface area contributed by atoms with E-state index < -0.39 is 17.6 Å². The molecule has 4 rings (SSSR count). The highest BCUT2D eigenvalue weighted by molar-refractivity contribution is 6.31. The highest BCUT2D eigenvalue weighted by Crippen LogP contribution is 2.33. The van der Waals surface area contributed by atoms with Gasteiger partial charge in [-0.3, -0.25) is 14.6 Å². The molecule has 0 bridgehead atoms. The van der Waals surface area contributed by atoms with E-state index in [0.29, 0.717) is 38.8 Å². The summed E-state index contributed by atoms with van der Waals surface area (Å²) in [6.07, 6.45) is 1.55. The third-order valence-electron chi connectivity index (χ3n) is 5.61. The normalized spacial score (nSPS) is 11.4. The molecule has 1 aromatic heterocycles. The van der Waals surface area contributed by atoms with E-state index in [0.717, 1.165) is 6.07 Å². The van der Waals surface area contributed by atoms with Gasteiger partial charge in [-0.1, -0.05) is 17.7 Å². The predicted octanol–water partition coefficient (Wildman–Crippen LogP) is 5.90. The van der Waals surface area contributed by atoms with E-state index in [1.807, 2.05) is 0 Å². The molecule has 0 saturated heterocycles. The zero-order chi connectivity index (χ0) is 27.2. The molecule has 0 unspecified atom stereocenters. The van der Waals surface area contributed by atoms with Crippen molar-refractivity contribution in [3.8, 4) is 17.2 Å². The van der Waals surface area contributed by atoms with Crippen molar-refractivity contribution in [3.05, 3.63) is 95.0 Å². The second-order valence-corrected chi connectivity index (χ2v) is 8.54. The molecule has 0 aliphatic carbocycles. The van der Waals surface area contributed by atoms with Crippen LogP contribution in [0.1, 0.15) is 6.92 Å². The van der Waals surface area contributed by atoms with Crippen molar-refractivity contribution >= 4 is 45.7 Å². The lowest BCUT2D eigenvalue weighted by atomic mass is 10.1. The SMILES string of the molecule is CN/C(C)=C(\C(=O)Nc1cccc(Cl)c1)C(=O)Nc1ccc(Oc2ccnc3cc(OC)ccc23)c(F)c1. The zero-order valence-corrected chi connectivity index (χ0v) is 21.5. The lowest BCUT2D eigenvalue weighted by Crippen LogP contribution is -2.29. The van der Waals surface area contributed by atoms with E-state index in [1.54, 1.807) is 75.8 Å². The van der Waals surface area contributed by atoms with Crippen LogP contribution < -0.4 is 25.4 Å². The summed E-state index contributed by atoms with van der Waals surface area (Å²) in [5, 5.41) is 9.12. The van der Waals surface area contributed by atoms with Crippen LogP contribution >= 0.6 is 11.6 Å². The molecule has 10 heteroatoms. The number of fused-ring (bicyclic) bond motifs is 1. The topological polar surface area (TPSA) is 102 Å². The minimum absolute atomic E-state index is 0.0489. The van der Waals surface area contributed by atoms with Gasteiger partial charge in [0.2, 0.25) is 0 Å². The molecule has 0 fully saturated rings. The van der Waals surface area contributed by atoms with Crippen molar-refractivity contribution in [1.29, 1.82) is 0 Å². The fraction of sp³-hybridized carbons (Fsp3) is 0.107. The number of rotatable bonds is 8. The number of nitrogens with zero attached hydrogens (tertiary/aromatic N) is 1. The fourth-order valence-electron chi connectivity index (χ4n) is 3.62. The summed E-state index contributed by atoms with van der Waals surface area (Å²) in [4.78, 5) is 30.2. The van der Waals surface area contributed by atoms with Gasteiger partial charge < -0.3 is 25.4 Å². The Labute approximate surface area is 223 Å². The van der Waals surface area contributed by atoms with Crippen LogP contribution in [0.25, 0.3) is 10.9 Å². The van der Waals surface area contributed by atoms with Crippen molar-refractivity contribution in [2.75, 3.05) is 24.8 Å². The van der Waals surface area contributed by atoms with Crippen molar-refractivity contribution in [1.82, 2.24) is 10.3 Å². The Morgan fingerprint density at radius 2 is 1.66 bits per heavy atom. The highest BCUT2D eigenvalue weighted by Gasteiger charge is 2.22. The van der Waals surface area contributed by atoms with Gasteiger partial charge in [0.1, 0.15) is 17.1 Å². The molecule has 0 aliphatic rings. The van der Waals surface area contributed by atoms with Crippen LogP contribution in [0, 0.1) is 5.82 Å². The van der Waals surface area contributed by atoms with E-state index >= 15 is 0 Å². The van der Waals surface area contributed by atoms with Gasteiger partial charge in [0.25, 0.3) is 11.8 Å². The molecule has 3 aromatic carbocycles. The van der Waals surface area contributed by atoms with Crippen LogP contribution in [0.5, 0.6) is 17.2 Å². The molecule has 8 nitrogen and oxygen atoms in total. The van der Waals surface area contributed by atoms with Crippen molar-refractivity contribution in [2.24, 2.45) is 0 Å². The number of pyridine rings is 1. The minimum atomic E-state index is -0.724. The maximum absolute atomic E-state index is 15.0. The maximum Gasteiger partial charge on any atom is 0.263 e. The average molecular weight is 535 g/mol. The number of nitrogens with one attached hydrogen (secondary N) is 3. The molecule has 0 spiro atoms. The van der Waals surface area contributed by atoms with Crippen molar-refractivity contribution < 1.29 is 23.5 Å². The van der Waals surface area contributed by atoms with Gasteiger partial charge in [-0.05, 0) is 55.5 Å². The predicted molar refractivity (Wildman–Crippen MR) is 145 cm³/mol. The number of halogens is 2. The first-order valence-corrected chi connectivity index (χ1v) is 11.8. The maximum atomic E-state index is 15.0. The van der Waals surface area contributed by atoms with E-state index in [9.17, 15) is 14.0 Å². The Bertz CT molecular complexity index is 1560. The molecule has 3 N–H and O–H groups in total. The Kier molecular flexibility index (Phi) is 8.08. The Morgan fingerprint density at radius 3 is 2.32 bits per heavy atom. The lowest BCUT2D eigenvalue weighted by molar-refractivity contribution is -0.118.